The molecule has 0 saturated heterocycles. The standard InChI is InChI=1S/C15H4BrClF9N3O4/c16-6-3-7(17)10(15(24,25)26)12(9(6)14(21,22)23)27-11-5(13(18,19)20)1-4(28(30)31)2-8(11)29(32)33/h1-3,27H. The second kappa shape index (κ2) is 8.51. The van der Waals surface area contributed by atoms with Crippen molar-refractivity contribution < 1.29 is 49.4 Å². The van der Waals surface area contributed by atoms with Gasteiger partial charge in [0.1, 0.15) is 5.69 Å². The van der Waals surface area contributed by atoms with Gasteiger partial charge in [0.05, 0.1) is 43.3 Å². The lowest BCUT2D eigenvalue weighted by atomic mass is 10.0. The highest BCUT2D eigenvalue weighted by Crippen LogP contribution is 2.52. The summed E-state index contributed by atoms with van der Waals surface area (Å²) in [6.07, 6.45) is -17.0. The quantitative estimate of drug-likeness (QED) is 0.228. The molecule has 0 radical (unpaired) electrons. The molecule has 0 aliphatic carbocycles. The van der Waals surface area contributed by atoms with Crippen molar-refractivity contribution >= 4 is 50.3 Å². The van der Waals surface area contributed by atoms with Gasteiger partial charge in [-0.1, -0.05) is 27.5 Å². The van der Waals surface area contributed by atoms with Gasteiger partial charge >= 0.3 is 18.5 Å². The van der Waals surface area contributed by atoms with Crippen molar-refractivity contribution in [2.24, 2.45) is 0 Å². The van der Waals surface area contributed by atoms with E-state index in [-0.39, 0.29) is 18.2 Å². The topological polar surface area (TPSA) is 98.3 Å². The van der Waals surface area contributed by atoms with Crippen LogP contribution in [0.25, 0.3) is 0 Å². The SMILES string of the molecule is O=[N+]([O-])c1cc([N+](=O)[O-])c(Nc2c(C(F)(F)F)c(Cl)cc(Br)c2C(F)(F)F)c(C(F)(F)F)c1. The van der Waals surface area contributed by atoms with E-state index in [2.05, 4.69) is 15.9 Å². The van der Waals surface area contributed by atoms with Crippen molar-refractivity contribution in [2.45, 2.75) is 18.5 Å². The number of nitro groups is 2. The molecular formula is C15H4BrClF9N3O4. The third-order valence-electron chi connectivity index (χ3n) is 3.86. The number of hydrogen-bond acceptors (Lipinski definition) is 5. The zero-order chi connectivity index (χ0) is 25.7. The van der Waals surface area contributed by atoms with Crippen LogP contribution >= 0.6 is 27.5 Å². The highest BCUT2D eigenvalue weighted by Gasteiger charge is 2.46. The monoisotopic (exact) mass is 575 g/mol. The van der Waals surface area contributed by atoms with Crippen LogP contribution in [0.4, 0.5) is 62.3 Å². The first kappa shape index (κ1) is 26.4. The number of halogens is 11. The van der Waals surface area contributed by atoms with E-state index in [4.69, 9.17) is 11.6 Å². The third-order valence-corrected chi connectivity index (χ3v) is 4.79. The Hall–Kier alpha value is -2.82. The largest absolute Gasteiger partial charge is 0.419 e. The van der Waals surface area contributed by atoms with Crippen molar-refractivity contribution in [1.82, 2.24) is 0 Å². The summed E-state index contributed by atoms with van der Waals surface area (Å²) in [6.45, 7) is 0. The summed E-state index contributed by atoms with van der Waals surface area (Å²) in [6, 6.07) is -0.152. The smallest absolute Gasteiger partial charge is 0.348 e. The van der Waals surface area contributed by atoms with E-state index < -0.39 is 77.3 Å². The molecule has 0 amide bonds. The van der Waals surface area contributed by atoms with Crippen LogP contribution in [0.3, 0.4) is 0 Å². The highest BCUT2D eigenvalue weighted by atomic mass is 79.9. The second-order valence-electron chi connectivity index (χ2n) is 5.99. The number of nitro benzene ring substituents is 2. The molecule has 33 heavy (non-hydrogen) atoms. The van der Waals surface area contributed by atoms with Crippen LogP contribution in [-0.4, -0.2) is 9.85 Å². The molecule has 2 aromatic rings. The lowest BCUT2D eigenvalue weighted by molar-refractivity contribution is -0.394. The molecule has 0 saturated carbocycles. The van der Waals surface area contributed by atoms with Crippen molar-refractivity contribution in [3.05, 3.63) is 64.6 Å². The van der Waals surface area contributed by atoms with Gasteiger partial charge in [-0.05, 0) is 6.07 Å². The summed E-state index contributed by atoms with van der Waals surface area (Å²) >= 11 is 7.73. The molecule has 0 unspecified atom stereocenters. The summed E-state index contributed by atoms with van der Waals surface area (Å²) in [5.41, 5.74) is -14.0. The molecule has 0 spiro atoms. The maximum Gasteiger partial charge on any atom is 0.419 e. The normalized spacial score (nSPS) is 12.6. The van der Waals surface area contributed by atoms with Gasteiger partial charge in [0.15, 0.2) is 0 Å². The zero-order valence-electron chi connectivity index (χ0n) is 14.9. The number of anilines is 2. The average Bonchev–Trinajstić information content (AvgIpc) is 2.57. The predicted molar refractivity (Wildman–Crippen MR) is 97.2 cm³/mol. The fourth-order valence-electron chi connectivity index (χ4n) is 2.64. The minimum atomic E-state index is -5.67. The van der Waals surface area contributed by atoms with Crippen LogP contribution in [0, 0.1) is 20.2 Å². The highest BCUT2D eigenvalue weighted by molar-refractivity contribution is 9.10. The van der Waals surface area contributed by atoms with E-state index in [0.717, 1.165) is 0 Å². The van der Waals surface area contributed by atoms with Gasteiger partial charge in [0, 0.05) is 10.5 Å². The van der Waals surface area contributed by atoms with Crippen molar-refractivity contribution in [3.63, 3.8) is 0 Å². The number of nitrogens with one attached hydrogen (secondary N) is 1. The van der Waals surface area contributed by atoms with E-state index >= 15 is 0 Å². The zero-order valence-corrected chi connectivity index (χ0v) is 17.3. The summed E-state index contributed by atoms with van der Waals surface area (Å²) in [7, 11) is 0. The Kier molecular flexibility index (Phi) is 6.82. The van der Waals surface area contributed by atoms with E-state index in [1.807, 2.05) is 0 Å². The Morgan fingerprint density at radius 2 is 1.30 bits per heavy atom. The first-order chi connectivity index (χ1) is 14.8. The van der Waals surface area contributed by atoms with E-state index in [1.54, 1.807) is 0 Å². The molecule has 0 aliphatic heterocycles. The Morgan fingerprint density at radius 3 is 1.70 bits per heavy atom. The minimum absolute atomic E-state index is 0.0578. The Labute approximate surface area is 188 Å². The van der Waals surface area contributed by atoms with Gasteiger partial charge in [-0.3, -0.25) is 20.2 Å². The second-order valence-corrected chi connectivity index (χ2v) is 7.25. The van der Waals surface area contributed by atoms with Gasteiger partial charge < -0.3 is 5.32 Å². The molecule has 0 atom stereocenters. The van der Waals surface area contributed by atoms with E-state index in [0.29, 0.717) is 0 Å². The summed E-state index contributed by atoms with van der Waals surface area (Å²) in [4.78, 5) is 19.0. The summed E-state index contributed by atoms with van der Waals surface area (Å²) in [5, 5.41) is 21.9. The van der Waals surface area contributed by atoms with Gasteiger partial charge in [0.25, 0.3) is 11.4 Å². The molecule has 1 N–H and O–H groups in total. The van der Waals surface area contributed by atoms with Crippen LogP contribution in [0.1, 0.15) is 16.7 Å². The predicted octanol–water partition coefficient (Wildman–Crippen LogP) is 7.72. The maximum atomic E-state index is 13.5. The molecule has 18 heteroatoms. The van der Waals surface area contributed by atoms with Gasteiger partial charge in [-0.2, -0.15) is 39.5 Å². The summed E-state index contributed by atoms with van der Waals surface area (Å²) < 4.78 is 121. The van der Waals surface area contributed by atoms with Crippen molar-refractivity contribution in [3.8, 4) is 0 Å². The van der Waals surface area contributed by atoms with Crippen molar-refractivity contribution in [1.29, 1.82) is 0 Å². The van der Waals surface area contributed by atoms with Gasteiger partial charge in [-0.25, -0.2) is 0 Å². The molecule has 0 heterocycles. The van der Waals surface area contributed by atoms with Crippen LogP contribution in [-0.2, 0) is 18.5 Å². The molecule has 0 aromatic heterocycles. The Bertz CT molecular complexity index is 1110. The Balaban J connectivity index is 3.07. The van der Waals surface area contributed by atoms with Gasteiger partial charge in [0.2, 0.25) is 0 Å². The minimum Gasteiger partial charge on any atom is -0.348 e. The molecule has 2 rings (SSSR count). The lowest BCUT2D eigenvalue weighted by Crippen LogP contribution is -2.19. The van der Waals surface area contributed by atoms with E-state index in [9.17, 15) is 59.7 Å². The number of nitrogens with zero attached hydrogens (tertiary/aromatic N) is 2. The Morgan fingerprint density at radius 1 is 0.788 bits per heavy atom. The third kappa shape index (κ3) is 5.40. The fourth-order valence-corrected chi connectivity index (χ4v) is 3.73. The molecule has 7 nitrogen and oxygen atoms in total. The number of benzene rings is 2. The number of alkyl halides is 9. The molecule has 180 valence electrons. The molecule has 2 aromatic carbocycles. The van der Waals surface area contributed by atoms with E-state index in [1.165, 1.54) is 5.32 Å². The average molecular weight is 577 g/mol. The first-order valence-corrected chi connectivity index (χ1v) is 8.91. The van der Waals surface area contributed by atoms with Crippen LogP contribution in [0.2, 0.25) is 5.02 Å². The molecule has 0 aliphatic rings. The first-order valence-electron chi connectivity index (χ1n) is 7.74. The molecular weight excluding hydrogens is 573 g/mol. The summed E-state index contributed by atoms with van der Waals surface area (Å²) in [5.74, 6) is 0. The lowest BCUT2D eigenvalue weighted by Gasteiger charge is -2.23. The van der Waals surface area contributed by atoms with Crippen LogP contribution in [0.15, 0.2) is 22.7 Å². The maximum absolute atomic E-state index is 13.5. The van der Waals surface area contributed by atoms with Gasteiger partial charge in [-0.15, -0.1) is 0 Å². The van der Waals surface area contributed by atoms with Crippen LogP contribution in [0.5, 0.6) is 0 Å². The van der Waals surface area contributed by atoms with Crippen molar-refractivity contribution in [2.75, 3.05) is 5.32 Å². The number of hydrogen-bond donors (Lipinski definition) is 1. The fraction of sp³-hybridized carbons (Fsp3) is 0.200. The number of non-ortho nitro benzene ring substituents is 1. The molecule has 0 fully saturated rings. The number of rotatable bonds is 4. The molecule has 0 bridgehead atoms. The van der Waals surface area contributed by atoms with Crippen LogP contribution < -0.4 is 5.32 Å².